The first-order valence-corrected chi connectivity index (χ1v) is 5.35. The number of nitrogens with one attached hydrogen (secondary N) is 1. The molecule has 0 heterocycles. The molecule has 1 aliphatic carbocycles. The minimum absolute atomic E-state index is 0.0636. The molecule has 1 saturated carbocycles. The van der Waals surface area contributed by atoms with Gasteiger partial charge in [0.2, 0.25) is 0 Å². The van der Waals surface area contributed by atoms with E-state index in [1.165, 1.54) is 6.42 Å². The Hall–Kier alpha value is -0.160. The molecule has 0 bridgehead atoms. The smallest absolute Gasteiger partial charge is 0.0695 e. The molecule has 0 spiro atoms. The van der Waals surface area contributed by atoms with Gasteiger partial charge in [0.15, 0.2) is 0 Å². The van der Waals surface area contributed by atoms with Gasteiger partial charge in [-0.05, 0) is 32.6 Å². The zero-order chi connectivity index (χ0) is 10.4. The van der Waals surface area contributed by atoms with Crippen LogP contribution in [0.3, 0.4) is 0 Å². The van der Waals surface area contributed by atoms with Crippen LogP contribution in [-0.4, -0.2) is 32.0 Å². The van der Waals surface area contributed by atoms with Crippen LogP contribution < -0.4 is 11.3 Å². The van der Waals surface area contributed by atoms with E-state index in [9.17, 15) is 0 Å². The Balaban J connectivity index is 2.30. The summed E-state index contributed by atoms with van der Waals surface area (Å²) in [7, 11) is 1.79. The maximum absolute atomic E-state index is 5.53. The summed E-state index contributed by atoms with van der Waals surface area (Å²) in [5.41, 5.74) is 2.85. The third-order valence-electron chi connectivity index (χ3n) is 3.08. The van der Waals surface area contributed by atoms with E-state index < -0.39 is 0 Å². The summed E-state index contributed by atoms with van der Waals surface area (Å²) in [6, 6.07) is 0.204. The van der Waals surface area contributed by atoms with Crippen LogP contribution in [0.1, 0.15) is 32.6 Å². The van der Waals surface area contributed by atoms with E-state index in [1.54, 1.807) is 7.11 Å². The fraction of sp³-hybridized carbons (Fsp3) is 1.00. The summed E-state index contributed by atoms with van der Waals surface area (Å²) in [6.07, 6.45) is 4.50. The lowest BCUT2D eigenvalue weighted by Crippen LogP contribution is -2.49. The Morgan fingerprint density at radius 2 is 2.21 bits per heavy atom. The molecule has 4 heteroatoms. The topological polar surface area (TPSA) is 56.5 Å². The molecule has 0 aliphatic heterocycles. The van der Waals surface area contributed by atoms with Crippen LogP contribution in [0, 0.1) is 0 Å². The van der Waals surface area contributed by atoms with Gasteiger partial charge < -0.3 is 9.47 Å². The standard InChI is InChI=1S/C10H22N2O2/c1-3-14-8-9(12-11)7-10(13-2)5-4-6-10/h9,12H,3-8,11H2,1-2H3. The summed E-state index contributed by atoms with van der Waals surface area (Å²) >= 11 is 0. The van der Waals surface area contributed by atoms with Crippen molar-refractivity contribution < 1.29 is 9.47 Å². The monoisotopic (exact) mass is 202 g/mol. The van der Waals surface area contributed by atoms with Crippen molar-refractivity contribution in [2.75, 3.05) is 20.3 Å². The van der Waals surface area contributed by atoms with Crippen molar-refractivity contribution in [2.45, 2.75) is 44.2 Å². The average molecular weight is 202 g/mol. The maximum atomic E-state index is 5.53. The Kier molecular flexibility index (Phi) is 4.81. The summed E-state index contributed by atoms with van der Waals surface area (Å²) in [5.74, 6) is 5.47. The molecule has 1 rings (SSSR count). The van der Waals surface area contributed by atoms with Crippen LogP contribution in [0.5, 0.6) is 0 Å². The molecule has 0 aromatic rings. The third-order valence-corrected chi connectivity index (χ3v) is 3.08. The predicted octanol–water partition coefficient (Wildman–Crippen LogP) is 0.814. The number of rotatable bonds is 7. The number of methoxy groups -OCH3 is 1. The van der Waals surface area contributed by atoms with Gasteiger partial charge in [0.05, 0.1) is 12.2 Å². The molecule has 0 amide bonds. The van der Waals surface area contributed by atoms with Crippen LogP contribution in [-0.2, 0) is 9.47 Å². The van der Waals surface area contributed by atoms with Gasteiger partial charge in [0, 0.05) is 19.8 Å². The molecule has 1 unspecified atom stereocenters. The largest absolute Gasteiger partial charge is 0.380 e. The van der Waals surface area contributed by atoms with Gasteiger partial charge in [-0.25, -0.2) is 0 Å². The van der Waals surface area contributed by atoms with E-state index in [2.05, 4.69) is 5.43 Å². The fourth-order valence-corrected chi connectivity index (χ4v) is 1.94. The van der Waals surface area contributed by atoms with E-state index in [0.717, 1.165) is 25.9 Å². The highest BCUT2D eigenvalue weighted by Crippen LogP contribution is 2.38. The number of hydrogen-bond donors (Lipinski definition) is 2. The molecule has 14 heavy (non-hydrogen) atoms. The minimum Gasteiger partial charge on any atom is -0.380 e. The average Bonchev–Trinajstić information content (AvgIpc) is 2.16. The highest BCUT2D eigenvalue weighted by Gasteiger charge is 2.38. The van der Waals surface area contributed by atoms with Crippen molar-refractivity contribution in [3.8, 4) is 0 Å². The van der Waals surface area contributed by atoms with Gasteiger partial charge in [-0.15, -0.1) is 0 Å². The molecule has 1 atom stereocenters. The Morgan fingerprint density at radius 1 is 1.50 bits per heavy atom. The maximum Gasteiger partial charge on any atom is 0.0695 e. The molecule has 1 fully saturated rings. The Bertz CT molecular complexity index is 155. The molecule has 3 N–H and O–H groups in total. The first kappa shape index (κ1) is 11.9. The van der Waals surface area contributed by atoms with Gasteiger partial charge in [-0.2, -0.15) is 0 Å². The summed E-state index contributed by atoms with van der Waals surface area (Å²) in [6.45, 7) is 3.39. The highest BCUT2D eigenvalue weighted by atomic mass is 16.5. The predicted molar refractivity (Wildman–Crippen MR) is 55.8 cm³/mol. The van der Waals surface area contributed by atoms with Crippen LogP contribution in [0.2, 0.25) is 0 Å². The van der Waals surface area contributed by atoms with Crippen molar-refractivity contribution in [3.05, 3.63) is 0 Å². The van der Waals surface area contributed by atoms with E-state index in [0.29, 0.717) is 6.61 Å². The lowest BCUT2D eigenvalue weighted by molar-refractivity contribution is -0.0880. The SMILES string of the molecule is CCOCC(CC1(OC)CCC1)NN. The van der Waals surface area contributed by atoms with E-state index in [4.69, 9.17) is 15.3 Å². The molecule has 0 aromatic carbocycles. The molecule has 4 nitrogen and oxygen atoms in total. The fourth-order valence-electron chi connectivity index (χ4n) is 1.94. The number of nitrogens with two attached hydrogens (primary N) is 1. The van der Waals surface area contributed by atoms with Gasteiger partial charge in [0.25, 0.3) is 0 Å². The van der Waals surface area contributed by atoms with Gasteiger partial charge in [0.1, 0.15) is 0 Å². The molecular formula is C10H22N2O2. The first-order chi connectivity index (χ1) is 6.76. The molecule has 0 saturated heterocycles. The van der Waals surface area contributed by atoms with Crippen LogP contribution in [0.25, 0.3) is 0 Å². The molecule has 1 aliphatic rings. The third kappa shape index (κ3) is 2.92. The Morgan fingerprint density at radius 3 is 2.57 bits per heavy atom. The second-order valence-electron chi connectivity index (χ2n) is 3.97. The number of hydrazine groups is 1. The normalized spacial score (nSPS) is 21.6. The highest BCUT2D eigenvalue weighted by molar-refractivity contribution is 4.92. The quantitative estimate of drug-likeness (QED) is 0.474. The number of ether oxygens (including phenoxy) is 2. The van der Waals surface area contributed by atoms with E-state index in [-0.39, 0.29) is 11.6 Å². The molecule has 0 aromatic heterocycles. The van der Waals surface area contributed by atoms with Crippen LogP contribution >= 0.6 is 0 Å². The zero-order valence-corrected chi connectivity index (χ0v) is 9.21. The van der Waals surface area contributed by atoms with Crippen molar-refractivity contribution >= 4 is 0 Å². The summed E-state index contributed by atoms with van der Waals surface area (Å²) in [4.78, 5) is 0. The zero-order valence-electron chi connectivity index (χ0n) is 9.21. The van der Waals surface area contributed by atoms with Crippen molar-refractivity contribution in [3.63, 3.8) is 0 Å². The van der Waals surface area contributed by atoms with E-state index >= 15 is 0 Å². The van der Waals surface area contributed by atoms with Crippen molar-refractivity contribution in [1.82, 2.24) is 5.43 Å². The molecule has 84 valence electrons. The van der Waals surface area contributed by atoms with Gasteiger partial charge >= 0.3 is 0 Å². The first-order valence-electron chi connectivity index (χ1n) is 5.35. The van der Waals surface area contributed by atoms with Crippen molar-refractivity contribution in [1.29, 1.82) is 0 Å². The van der Waals surface area contributed by atoms with Crippen LogP contribution in [0.4, 0.5) is 0 Å². The second-order valence-corrected chi connectivity index (χ2v) is 3.97. The minimum atomic E-state index is 0.0636. The Labute approximate surface area is 86.1 Å². The van der Waals surface area contributed by atoms with Crippen LogP contribution in [0.15, 0.2) is 0 Å². The molecule has 0 radical (unpaired) electrons. The summed E-state index contributed by atoms with van der Waals surface area (Å²) < 4.78 is 10.9. The summed E-state index contributed by atoms with van der Waals surface area (Å²) in [5, 5.41) is 0. The lowest BCUT2D eigenvalue weighted by Gasteiger charge is -2.42. The van der Waals surface area contributed by atoms with Crippen molar-refractivity contribution in [2.24, 2.45) is 5.84 Å². The van der Waals surface area contributed by atoms with Gasteiger partial charge in [-0.1, -0.05) is 0 Å². The second kappa shape index (κ2) is 5.66. The van der Waals surface area contributed by atoms with Gasteiger partial charge in [-0.3, -0.25) is 11.3 Å². The molecular weight excluding hydrogens is 180 g/mol. The number of hydrogen-bond acceptors (Lipinski definition) is 4. The lowest BCUT2D eigenvalue weighted by atomic mass is 9.76. The van der Waals surface area contributed by atoms with E-state index in [1.807, 2.05) is 6.92 Å².